The Bertz CT molecular complexity index is 1110. The molecule has 7 heteroatoms. The number of carbonyl (C=O) groups excluding carboxylic acids is 3. The van der Waals surface area contributed by atoms with E-state index in [9.17, 15) is 24.3 Å². The fourth-order valence-corrected chi connectivity index (χ4v) is 4.68. The average molecular weight is 434 g/mol. The fourth-order valence-electron chi connectivity index (χ4n) is 4.68. The summed E-state index contributed by atoms with van der Waals surface area (Å²) in [7, 11) is 0. The Morgan fingerprint density at radius 1 is 1.06 bits per heavy atom. The number of fused-ring (bicyclic) bond motifs is 3. The van der Waals surface area contributed by atoms with Gasteiger partial charge in [-0.05, 0) is 36.8 Å². The predicted molar refractivity (Wildman–Crippen MR) is 118 cm³/mol. The third kappa shape index (κ3) is 3.79. The number of likely N-dealkylation sites (tertiary alicyclic amines) is 1. The van der Waals surface area contributed by atoms with Gasteiger partial charge < -0.3 is 15.3 Å². The van der Waals surface area contributed by atoms with Gasteiger partial charge in [-0.25, -0.2) is 4.79 Å². The Hall–Kier alpha value is -3.48. The average Bonchev–Trinajstić information content (AvgIpc) is 3.37. The van der Waals surface area contributed by atoms with Gasteiger partial charge in [-0.15, -0.1) is 0 Å². The Labute approximate surface area is 186 Å². The van der Waals surface area contributed by atoms with Gasteiger partial charge in [0, 0.05) is 28.8 Å². The number of nitrogens with zero attached hydrogens (tertiary/aromatic N) is 1. The molecule has 2 unspecified atom stereocenters. The maximum absolute atomic E-state index is 13.3. The van der Waals surface area contributed by atoms with Gasteiger partial charge in [-0.1, -0.05) is 50.2 Å². The number of rotatable bonds is 6. The van der Waals surface area contributed by atoms with Crippen LogP contribution in [0.4, 0.5) is 0 Å². The molecule has 0 bridgehead atoms. The van der Waals surface area contributed by atoms with Crippen molar-refractivity contribution in [2.75, 3.05) is 6.54 Å². The van der Waals surface area contributed by atoms with Gasteiger partial charge in [0.25, 0.3) is 5.91 Å². The van der Waals surface area contributed by atoms with Crippen molar-refractivity contribution in [1.82, 2.24) is 10.2 Å². The third-order valence-corrected chi connectivity index (χ3v) is 6.13. The number of carbonyl (C=O) groups is 4. The molecule has 0 saturated carbocycles. The molecule has 1 heterocycles. The van der Waals surface area contributed by atoms with E-state index in [1.54, 1.807) is 30.3 Å². The van der Waals surface area contributed by atoms with Crippen LogP contribution in [-0.2, 0) is 9.59 Å². The first-order chi connectivity index (χ1) is 15.3. The lowest BCUT2D eigenvalue weighted by atomic mass is 9.97. The monoisotopic (exact) mass is 434 g/mol. The molecule has 1 aliphatic heterocycles. The van der Waals surface area contributed by atoms with Crippen LogP contribution in [0.5, 0.6) is 0 Å². The summed E-state index contributed by atoms with van der Waals surface area (Å²) >= 11 is 0. The molecular weight excluding hydrogens is 408 g/mol. The van der Waals surface area contributed by atoms with Crippen molar-refractivity contribution in [2.45, 2.75) is 45.2 Å². The fraction of sp³-hybridized carbons (Fsp3) is 0.360. The van der Waals surface area contributed by atoms with Crippen LogP contribution in [0.3, 0.4) is 0 Å². The van der Waals surface area contributed by atoms with Crippen molar-refractivity contribution in [3.05, 3.63) is 59.2 Å². The first kappa shape index (κ1) is 21.7. The number of nitrogens with one attached hydrogen (secondary N) is 1. The highest BCUT2D eigenvalue weighted by atomic mass is 16.4. The molecular formula is C25H26N2O5. The molecule has 1 saturated heterocycles. The molecule has 32 heavy (non-hydrogen) atoms. The molecule has 1 aliphatic carbocycles. The van der Waals surface area contributed by atoms with Crippen LogP contribution in [0.15, 0.2) is 42.5 Å². The van der Waals surface area contributed by atoms with Gasteiger partial charge in [0.05, 0.1) is 0 Å². The highest BCUT2D eigenvalue weighted by Crippen LogP contribution is 2.38. The molecule has 2 atom stereocenters. The number of amides is 2. The summed E-state index contributed by atoms with van der Waals surface area (Å²) < 4.78 is 0. The van der Waals surface area contributed by atoms with E-state index in [0.29, 0.717) is 53.6 Å². The number of hydrogen-bond donors (Lipinski definition) is 2. The van der Waals surface area contributed by atoms with E-state index in [1.165, 1.54) is 4.90 Å². The van der Waals surface area contributed by atoms with Crippen LogP contribution in [0.1, 0.15) is 59.4 Å². The largest absolute Gasteiger partial charge is 0.480 e. The lowest BCUT2D eigenvalue weighted by molar-refractivity contribution is -0.149. The standard InChI is InChI=1S/C25H26N2O5/c1-14(2)13-19(24(30)27-12-6-11-20(27)25(31)32)26-23(29)18-10-5-9-17-21(18)15-7-3-4-8-16(15)22(17)28/h3-5,7-10,14,19-20H,6,11-13H2,1-2H3,(H,26,29)(H,31,32). The van der Waals surface area contributed by atoms with Crippen molar-refractivity contribution >= 4 is 23.6 Å². The third-order valence-electron chi connectivity index (χ3n) is 6.13. The first-order valence-electron chi connectivity index (χ1n) is 10.9. The second kappa shape index (κ2) is 8.57. The maximum Gasteiger partial charge on any atom is 0.326 e. The molecule has 0 radical (unpaired) electrons. The van der Waals surface area contributed by atoms with Gasteiger partial charge in [0.15, 0.2) is 5.78 Å². The van der Waals surface area contributed by atoms with Crippen LogP contribution in [0, 0.1) is 5.92 Å². The number of carboxylic acid groups (broad SMARTS) is 1. The van der Waals surface area contributed by atoms with E-state index in [4.69, 9.17) is 0 Å². The normalized spacial score (nSPS) is 17.8. The molecule has 4 rings (SSSR count). The minimum atomic E-state index is -1.03. The second-order valence-corrected chi connectivity index (χ2v) is 8.79. The van der Waals surface area contributed by atoms with E-state index < -0.39 is 24.0 Å². The van der Waals surface area contributed by atoms with Gasteiger partial charge in [-0.3, -0.25) is 14.4 Å². The molecule has 1 fully saturated rings. The van der Waals surface area contributed by atoms with Crippen molar-refractivity contribution < 1.29 is 24.3 Å². The Balaban J connectivity index is 1.65. The molecule has 2 aromatic carbocycles. The molecule has 2 amide bonds. The molecule has 7 nitrogen and oxygen atoms in total. The molecule has 166 valence electrons. The Kier molecular flexibility index (Phi) is 5.82. The Morgan fingerprint density at radius 2 is 1.75 bits per heavy atom. The summed E-state index contributed by atoms with van der Waals surface area (Å²) in [4.78, 5) is 52.3. The van der Waals surface area contributed by atoms with Crippen LogP contribution in [-0.4, -0.2) is 52.2 Å². The highest BCUT2D eigenvalue weighted by Gasteiger charge is 2.38. The maximum atomic E-state index is 13.3. The van der Waals surface area contributed by atoms with Crippen molar-refractivity contribution in [3.63, 3.8) is 0 Å². The molecule has 2 aromatic rings. The van der Waals surface area contributed by atoms with Gasteiger partial charge in [0.1, 0.15) is 12.1 Å². The molecule has 0 spiro atoms. The quantitative estimate of drug-likeness (QED) is 0.620. The number of benzene rings is 2. The lowest BCUT2D eigenvalue weighted by Crippen LogP contribution is -2.52. The van der Waals surface area contributed by atoms with E-state index >= 15 is 0 Å². The molecule has 0 aromatic heterocycles. The van der Waals surface area contributed by atoms with E-state index in [-0.39, 0.29) is 17.6 Å². The summed E-state index contributed by atoms with van der Waals surface area (Å²) in [5.74, 6) is -1.86. The first-order valence-corrected chi connectivity index (χ1v) is 10.9. The number of hydrogen-bond acceptors (Lipinski definition) is 4. The van der Waals surface area contributed by atoms with E-state index in [1.807, 2.05) is 26.0 Å². The van der Waals surface area contributed by atoms with Crippen LogP contribution in [0.2, 0.25) is 0 Å². The molecule has 2 N–H and O–H groups in total. The van der Waals surface area contributed by atoms with Gasteiger partial charge in [0.2, 0.25) is 5.91 Å². The van der Waals surface area contributed by atoms with Crippen LogP contribution < -0.4 is 5.32 Å². The van der Waals surface area contributed by atoms with Crippen molar-refractivity contribution in [2.24, 2.45) is 5.92 Å². The highest BCUT2D eigenvalue weighted by molar-refractivity contribution is 6.24. The number of aliphatic carboxylic acids is 1. The SMILES string of the molecule is CC(C)CC(NC(=O)c1cccc2c1-c1ccccc1C2=O)C(=O)N1CCCC1C(=O)O. The summed E-state index contributed by atoms with van der Waals surface area (Å²) in [6, 6.07) is 10.5. The smallest absolute Gasteiger partial charge is 0.326 e. The second-order valence-electron chi connectivity index (χ2n) is 8.79. The van der Waals surface area contributed by atoms with Crippen LogP contribution >= 0.6 is 0 Å². The van der Waals surface area contributed by atoms with Crippen molar-refractivity contribution in [1.29, 1.82) is 0 Å². The summed E-state index contributed by atoms with van der Waals surface area (Å²) in [5, 5.41) is 12.3. The van der Waals surface area contributed by atoms with Crippen LogP contribution in [0.25, 0.3) is 11.1 Å². The minimum Gasteiger partial charge on any atom is -0.480 e. The Morgan fingerprint density at radius 3 is 2.44 bits per heavy atom. The van der Waals surface area contributed by atoms with Gasteiger partial charge >= 0.3 is 5.97 Å². The van der Waals surface area contributed by atoms with Crippen molar-refractivity contribution in [3.8, 4) is 11.1 Å². The minimum absolute atomic E-state index is 0.110. The van der Waals surface area contributed by atoms with Gasteiger partial charge in [-0.2, -0.15) is 0 Å². The zero-order chi connectivity index (χ0) is 23.0. The topological polar surface area (TPSA) is 104 Å². The lowest BCUT2D eigenvalue weighted by Gasteiger charge is -2.28. The predicted octanol–water partition coefficient (Wildman–Crippen LogP) is 3.12. The zero-order valence-corrected chi connectivity index (χ0v) is 18.1. The zero-order valence-electron chi connectivity index (χ0n) is 18.1. The summed E-state index contributed by atoms with van der Waals surface area (Å²) in [6.45, 7) is 4.25. The number of ketones is 1. The number of carboxylic acids is 1. The summed E-state index contributed by atoms with van der Waals surface area (Å²) in [6.07, 6.45) is 1.42. The van der Waals surface area contributed by atoms with E-state index in [0.717, 1.165) is 0 Å². The van der Waals surface area contributed by atoms with E-state index in [2.05, 4.69) is 5.32 Å². The molecule has 2 aliphatic rings. The summed E-state index contributed by atoms with van der Waals surface area (Å²) in [5.41, 5.74) is 2.63.